The third kappa shape index (κ3) is 3.93. The van der Waals surface area contributed by atoms with E-state index in [4.69, 9.17) is 28.8 Å². The van der Waals surface area contributed by atoms with Crippen molar-refractivity contribution in [3.63, 3.8) is 0 Å². The second-order valence-corrected chi connectivity index (χ2v) is 10.8. The minimum atomic E-state index is -1.99. The molecule has 0 N–H and O–H groups in total. The Balaban J connectivity index is 1.65. The van der Waals surface area contributed by atoms with Gasteiger partial charge >= 0.3 is 11.9 Å². The van der Waals surface area contributed by atoms with Crippen LogP contribution in [0.2, 0.25) is 0 Å². The SMILES string of the molecule is COc1ccc(C(=O)[C@H]2[C@H](c3ccc(OC)c(OC)c3)C3(C(=O)OC(C)(C)OC3=O)[C@H]3c4ccccc4C=NN23)cc1. The molecule has 216 valence electrons. The van der Waals surface area contributed by atoms with Crippen LogP contribution in [0, 0.1) is 5.41 Å². The van der Waals surface area contributed by atoms with Crippen LogP contribution in [0.25, 0.3) is 0 Å². The number of hydrazone groups is 1. The quantitative estimate of drug-likeness (QED) is 0.244. The summed E-state index contributed by atoms with van der Waals surface area (Å²) in [5.41, 5.74) is 0.212. The molecule has 3 heterocycles. The molecule has 1 spiro atoms. The lowest BCUT2D eigenvalue weighted by Gasteiger charge is -2.44. The summed E-state index contributed by atoms with van der Waals surface area (Å²) < 4.78 is 27.9. The maximum Gasteiger partial charge on any atom is 0.330 e. The first-order chi connectivity index (χ1) is 20.2. The van der Waals surface area contributed by atoms with E-state index < -0.39 is 41.1 Å². The molecular weight excluding hydrogens is 540 g/mol. The average Bonchev–Trinajstić information content (AvgIpc) is 3.31. The number of rotatable bonds is 6. The van der Waals surface area contributed by atoms with Crippen molar-refractivity contribution >= 4 is 23.9 Å². The number of ketones is 1. The number of ether oxygens (including phenoxy) is 5. The molecule has 0 saturated carbocycles. The lowest BCUT2D eigenvalue weighted by Crippen LogP contribution is -2.58. The molecule has 10 heteroatoms. The summed E-state index contributed by atoms with van der Waals surface area (Å²) in [5, 5.41) is 6.25. The molecule has 10 nitrogen and oxygen atoms in total. The number of hydrogen-bond acceptors (Lipinski definition) is 10. The highest BCUT2D eigenvalue weighted by Crippen LogP contribution is 2.63. The van der Waals surface area contributed by atoms with Gasteiger partial charge in [-0.05, 0) is 53.1 Å². The molecule has 3 aromatic carbocycles. The van der Waals surface area contributed by atoms with Crippen molar-refractivity contribution in [2.24, 2.45) is 10.5 Å². The van der Waals surface area contributed by atoms with Crippen LogP contribution in [0.3, 0.4) is 0 Å². The van der Waals surface area contributed by atoms with Crippen LogP contribution in [0.1, 0.15) is 52.9 Å². The minimum Gasteiger partial charge on any atom is -0.497 e. The van der Waals surface area contributed by atoms with Crippen molar-refractivity contribution in [1.82, 2.24) is 5.01 Å². The number of carbonyl (C=O) groups is 3. The second kappa shape index (κ2) is 9.90. The molecule has 42 heavy (non-hydrogen) atoms. The fourth-order valence-electron chi connectivity index (χ4n) is 6.36. The Morgan fingerprint density at radius 3 is 2.17 bits per heavy atom. The van der Waals surface area contributed by atoms with Crippen LogP contribution in [0.5, 0.6) is 17.2 Å². The molecule has 0 unspecified atom stereocenters. The first kappa shape index (κ1) is 27.3. The van der Waals surface area contributed by atoms with Gasteiger partial charge in [0.25, 0.3) is 5.79 Å². The van der Waals surface area contributed by atoms with E-state index in [0.717, 1.165) is 0 Å². The molecule has 0 amide bonds. The van der Waals surface area contributed by atoms with E-state index in [1.165, 1.54) is 35.2 Å². The van der Waals surface area contributed by atoms with E-state index in [1.807, 2.05) is 24.3 Å². The molecule has 2 fully saturated rings. The van der Waals surface area contributed by atoms with Crippen molar-refractivity contribution in [2.75, 3.05) is 21.3 Å². The third-order valence-corrected chi connectivity index (χ3v) is 8.17. The highest BCUT2D eigenvalue weighted by atomic mass is 16.7. The zero-order valence-corrected chi connectivity index (χ0v) is 23.8. The van der Waals surface area contributed by atoms with Gasteiger partial charge in [-0.25, -0.2) is 0 Å². The zero-order valence-electron chi connectivity index (χ0n) is 23.8. The van der Waals surface area contributed by atoms with Crippen LogP contribution in [0.4, 0.5) is 0 Å². The molecule has 0 radical (unpaired) electrons. The maximum absolute atomic E-state index is 14.5. The molecule has 0 aliphatic carbocycles. The predicted molar refractivity (Wildman–Crippen MR) is 151 cm³/mol. The van der Waals surface area contributed by atoms with E-state index in [1.54, 1.807) is 53.7 Å². The molecule has 6 rings (SSSR count). The Kier molecular flexibility index (Phi) is 6.44. The maximum atomic E-state index is 14.5. The van der Waals surface area contributed by atoms with Gasteiger partial charge in [0.05, 0.1) is 27.5 Å². The van der Waals surface area contributed by atoms with E-state index in [0.29, 0.717) is 39.5 Å². The lowest BCUT2D eigenvalue weighted by atomic mass is 9.65. The molecule has 3 aliphatic rings. The van der Waals surface area contributed by atoms with Gasteiger partial charge in [-0.3, -0.25) is 19.4 Å². The van der Waals surface area contributed by atoms with Gasteiger partial charge in [0.1, 0.15) is 17.8 Å². The molecule has 0 bridgehead atoms. The molecule has 3 aliphatic heterocycles. The standard InChI is InChI=1S/C32H30N2O8/c1-31(2)41-29(36)32(30(37)42-31)25(19-12-15-23(39-4)24(16-19)40-5)26(27(35)18-10-13-21(38-3)14-11-18)34-28(32)22-9-7-6-8-20(22)17-33-34/h6-17,25-26,28H,1-5H3/t25-,26+,28+/m0/s1. The van der Waals surface area contributed by atoms with E-state index in [2.05, 4.69) is 0 Å². The fourth-order valence-corrected chi connectivity index (χ4v) is 6.36. The summed E-state index contributed by atoms with van der Waals surface area (Å²) in [6, 6.07) is 17.0. The van der Waals surface area contributed by atoms with Crippen molar-refractivity contribution < 1.29 is 38.1 Å². The predicted octanol–water partition coefficient (Wildman–Crippen LogP) is 4.27. The molecular formula is C32H30N2O8. The van der Waals surface area contributed by atoms with Crippen LogP contribution in [0.15, 0.2) is 71.8 Å². The molecule has 3 aromatic rings. The number of benzene rings is 3. The number of hydrogen-bond donors (Lipinski definition) is 0. The fraction of sp³-hybridized carbons (Fsp3) is 0.312. The number of esters is 2. The third-order valence-electron chi connectivity index (χ3n) is 8.17. The van der Waals surface area contributed by atoms with Crippen LogP contribution in [-0.4, -0.2) is 62.1 Å². The van der Waals surface area contributed by atoms with Gasteiger partial charge in [0, 0.05) is 25.3 Å². The summed E-state index contributed by atoms with van der Waals surface area (Å²) in [6.45, 7) is 3.00. The first-order valence-corrected chi connectivity index (χ1v) is 13.4. The summed E-state index contributed by atoms with van der Waals surface area (Å²) in [4.78, 5) is 43.3. The number of methoxy groups -OCH3 is 3. The monoisotopic (exact) mass is 570 g/mol. The van der Waals surface area contributed by atoms with E-state index >= 15 is 0 Å². The first-order valence-electron chi connectivity index (χ1n) is 13.4. The topological polar surface area (TPSA) is 113 Å². The number of Topliss-reactive ketones (excluding diaryl/α,β-unsaturated/α-hetero) is 1. The van der Waals surface area contributed by atoms with Gasteiger partial charge < -0.3 is 23.7 Å². The average molecular weight is 571 g/mol. The molecule has 2 saturated heterocycles. The number of cyclic esters (lactones) is 2. The Morgan fingerprint density at radius 2 is 1.52 bits per heavy atom. The number of fused-ring (bicyclic) bond motifs is 4. The summed E-state index contributed by atoms with van der Waals surface area (Å²) >= 11 is 0. The highest BCUT2D eigenvalue weighted by Gasteiger charge is 2.75. The van der Waals surface area contributed by atoms with E-state index in [-0.39, 0.29) is 5.78 Å². The zero-order chi connectivity index (χ0) is 29.8. The van der Waals surface area contributed by atoms with Crippen LogP contribution >= 0.6 is 0 Å². The molecule has 3 atom stereocenters. The Labute approximate surface area is 242 Å². The van der Waals surface area contributed by atoms with Crippen molar-refractivity contribution in [2.45, 2.75) is 37.6 Å². The summed E-state index contributed by atoms with van der Waals surface area (Å²) in [6.07, 6.45) is 1.63. The number of carbonyl (C=O) groups excluding carboxylic acids is 3. The van der Waals surface area contributed by atoms with Gasteiger partial charge in [0.2, 0.25) is 5.41 Å². The lowest BCUT2D eigenvalue weighted by molar-refractivity contribution is -0.254. The van der Waals surface area contributed by atoms with Crippen LogP contribution < -0.4 is 14.2 Å². The largest absolute Gasteiger partial charge is 0.497 e. The number of nitrogens with zero attached hydrogens (tertiary/aromatic N) is 2. The van der Waals surface area contributed by atoms with Gasteiger partial charge in [-0.15, -0.1) is 0 Å². The normalized spacial score (nSPS) is 23.0. The van der Waals surface area contributed by atoms with E-state index in [9.17, 15) is 14.4 Å². The Bertz CT molecular complexity index is 1590. The van der Waals surface area contributed by atoms with Gasteiger partial charge in [0.15, 0.2) is 17.3 Å². The highest BCUT2D eigenvalue weighted by molar-refractivity contribution is 6.09. The van der Waals surface area contributed by atoms with Crippen molar-refractivity contribution in [3.8, 4) is 17.2 Å². The summed E-state index contributed by atoms with van der Waals surface area (Å²) in [7, 11) is 4.53. The van der Waals surface area contributed by atoms with Gasteiger partial charge in [-0.1, -0.05) is 30.3 Å². The smallest absolute Gasteiger partial charge is 0.330 e. The Hall–Kier alpha value is -4.86. The molecule has 0 aromatic heterocycles. The minimum absolute atomic E-state index is 0.346. The Morgan fingerprint density at radius 1 is 0.857 bits per heavy atom. The summed E-state index contributed by atoms with van der Waals surface area (Å²) in [5.74, 6) is -3.13. The van der Waals surface area contributed by atoms with Crippen LogP contribution in [-0.2, 0) is 19.1 Å². The van der Waals surface area contributed by atoms with Crippen molar-refractivity contribution in [1.29, 1.82) is 0 Å². The second-order valence-electron chi connectivity index (χ2n) is 10.8. The van der Waals surface area contributed by atoms with Gasteiger partial charge in [-0.2, -0.15) is 5.10 Å². The van der Waals surface area contributed by atoms with Crippen molar-refractivity contribution in [3.05, 3.63) is 89.0 Å².